The van der Waals surface area contributed by atoms with E-state index in [1.54, 1.807) is 7.05 Å². The lowest BCUT2D eigenvalue weighted by molar-refractivity contribution is -0.121. The zero-order valence-corrected chi connectivity index (χ0v) is 15.2. The molecule has 2 aromatic rings. The number of nitrogens with zero attached hydrogens (tertiary/aromatic N) is 1. The van der Waals surface area contributed by atoms with Gasteiger partial charge >= 0.3 is 0 Å². The molecule has 136 valence electrons. The molecule has 1 aromatic carbocycles. The fourth-order valence-electron chi connectivity index (χ4n) is 3.15. The van der Waals surface area contributed by atoms with Gasteiger partial charge in [-0.25, -0.2) is 0 Å². The van der Waals surface area contributed by atoms with Gasteiger partial charge in [-0.3, -0.25) is 9.59 Å². The number of hydrogen-bond acceptors (Lipinski definition) is 3. The second-order valence-corrected chi connectivity index (χ2v) is 6.34. The summed E-state index contributed by atoms with van der Waals surface area (Å²) in [5.41, 5.74) is 1.71. The van der Waals surface area contributed by atoms with Crippen molar-refractivity contribution in [1.82, 2.24) is 15.2 Å². The Morgan fingerprint density at radius 3 is 2.84 bits per heavy atom. The highest BCUT2D eigenvalue weighted by Gasteiger charge is 2.16. The van der Waals surface area contributed by atoms with Crippen LogP contribution in [0.15, 0.2) is 30.5 Å². The number of likely N-dealkylation sites (N-methyl/N-ethyl adjacent to an activating group) is 1. The summed E-state index contributed by atoms with van der Waals surface area (Å²) in [5.74, 6) is 0.612. The molecule has 1 atom stereocenters. The average Bonchev–Trinajstić information content (AvgIpc) is 3.23. The number of amides is 2. The Hall–Kier alpha value is -2.05. The Balaban J connectivity index is 0.00000225. The van der Waals surface area contributed by atoms with E-state index in [1.165, 1.54) is 0 Å². The van der Waals surface area contributed by atoms with E-state index in [0.717, 1.165) is 42.5 Å². The number of benzene rings is 1. The average molecular weight is 365 g/mol. The molecule has 0 bridgehead atoms. The fraction of sp³-hybridized carbons (Fsp3) is 0.444. The molecule has 0 spiro atoms. The van der Waals surface area contributed by atoms with Crippen molar-refractivity contribution < 1.29 is 9.59 Å². The van der Waals surface area contributed by atoms with Gasteiger partial charge in [-0.15, -0.1) is 12.4 Å². The third kappa shape index (κ3) is 4.96. The van der Waals surface area contributed by atoms with E-state index in [4.69, 9.17) is 0 Å². The molecule has 25 heavy (non-hydrogen) atoms. The first-order valence-corrected chi connectivity index (χ1v) is 8.46. The minimum absolute atomic E-state index is 0. The highest BCUT2D eigenvalue weighted by atomic mass is 35.5. The van der Waals surface area contributed by atoms with E-state index in [0.29, 0.717) is 12.3 Å². The summed E-state index contributed by atoms with van der Waals surface area (Å²) in [6.45, 7) is 2.35. The smallest absolute Gasteiger partial charge is 0.239 e. The molecule has 0 saturated carbocycles. The maximum Gasteiger partial charge on any atom is 0.239 e. The van der Waals surface area contributed by atoms with Crippen LogP contribution >= 0.6 is 12.4 Å². The van der Waals surface area contributed by atoms with Crippen molar-refractivity contribution in [1.29, 1.82) is 0 Å². The van der Waals surface area contributed by atoms with Crippen molar-refractivity contribution >= 4 is 40.8 Å². The fourth-order valence-corrected chi connectivity index (χ4v) is 3.15. The number of carbonyl (C=O) groups is 2. The van der Waals surface area contributed by atoms with Gasteiger partial charge in [-0.1, -0.05) is 6.07 Å². The maximum atomic E-state index is 12.2. The van der Waals surface area contributed by atoms with Crippen molar-refractivity contribution in [2.75, 3.05) is 25.5 Å². The molecule has 0 aliphatic carbocycles. The Kier molecular flexibility index (Phi) is 6.84. The molecule has 3 N–H and O–H groups in total. The molecule has 1 aliphatic rings. The van der Waals surface area contributed by atoms with Crippen LogP contribution in [0.2, 0.25) is 0 Å². The number of rotatable bonds is 6. The largest absolute Gasteiger partial charge is 0.358 e. The van der Waals surface area contributed by atoms with E-state index >= 15 is 0 Å². The first-order chi connectivity index (χ1) is 11.7. The van der Waals surface area contributed by atoms with E-state index < -0.39 is 0 Å². The molecule has 0 radical (unpaired) electrons. The van der Waals surface area contributed by atoms with Gasteiger partial charge < -0.3 is 20.5 Å². The molecule has 1 aliphatic heterocycles. The minimum Gasteiger partial charge on any atom is -0.358 e. The SMILES string of the molecule is CNC(=O)Cn1ccc2ccc(NC(=O)CCC3CCNC3)cc21.Cl. The summed E-state index contributed by atoms with van der Waals surface area (Å²) >= 11 is 0. The van der Waals surface area contributed by atoms with Gasteiger partial charge in [0.2, 0.25) is 11.8 Å². The predicted octanol–water partition coefficient (Wildman–Crippen LogP) is 2.14. The Morgan fingerprint density at radius 1 is 1.28 bits per heavy atom. The number of fused-ring (bicyclic) bond motifs is 1. The topological polar surface area (TPSA) is 75.2 Å². The van der Waals surface area contributed by atoms with E-state index in [-0.39, 0.29) is 30.8 Å². The van der Waals surface area contributed by atoms with Gasteiger partial charge in [0.05, 0.1) is 5.52 Å². The van der Waals surface area contributed by atoms with E-state index in [9.17, 15) is 9.59 Å². The van der Waals surface area contributed by atoms with E-state index in [2.05, 4.69) is 16.0 Å². The molecule has 1 saturated heterocycles. The van der Waals surface area contributed by atoms with Gasteiger partial charge in [0.15, 0.2) is 0 Å². The lowest BCUT2D eigenvalue weighted by Crippen LogP contribution is -2.23. The second kappa shape index (κ2) is 8.87. The molecule has 6 nitrogen and oxygen atoms in total. The molecule has 2 amide bonds. The Morgan fingerprint density at radius 2 is 2.12 bits per heavy atom. The number of carbonyl (C=O) groups excluding carboxylic acids is 2. The summed E-state index contributed by atoms with van der Waals surface area (Å²) in [4.78, 5) is 23.7. The van der Waals surface area contributed by atoms with Crippen molar-refractivity contribution in [2.24, 2.45) is 5.92 Å². The van der Waals surface area contributed by atoms with Crippen molar-refractivity contribution in [3.8, 4) is 0 Å². The standard InChI is InChI=1S/C18H24N4O2.ClH/c1-19-18(24)12-22-9-7-14-3-4-15(10-16(14)22)21-17(23)5-2-13-6-8-20-11-13;/h3-4,7,9-10,13,20H,2,5-6,8,11-12H2,1H3,(H,19,24)(H,21,23);1H. The second-order valence-electron chi connectivity index (χ2n) is 6.34. The van der Waals surface area contributed by atoms with Crippen LogP contribution in [0, 0.1) is 5.92 Å². The Bertz CT molecular complexity index is 738. The summed E-state index contributed by atoms with van der Waals surface area (Å²) < 4.78 is 1.88. The van der Waals surface area contributed by atoms with Crippen LogP contribution in [-0.2, 0) is 16.1 Å². The van der Waals surface area contributed by atoms with Crippen molar-refractivity contribution in [2.45, 2.75) is 25.8 Å². The highest BCUT2D eigenvalue weighted by molar-refractivity contribution is 5.94. The van der Waals surface area contributed by atoms with Crippen LogP contribution in [0.25, 0.3) is 10.9 Å². The normalized spacial score (nSPS) is 16.4. The van der Waals surface area contributed by atoms with E-state index in [1.807, 2.05) is 35.0 Å². The third-order valence-electron chi connectivity index (χ3n) is 4.59. The minimum atomic E-state index is -0.0490. The van der Waals surface area contributed by atoms with Crippen molar-refractivity contribution in [3.05, 3.63) is 30.5 Å². The van der Waals surface area contributed by atoms with Crippen LogP contribution in [0.4, 0.5) is 5.69 Å². The zero-order chi connectivity index (χ0) is 16.9. The van der Waals surface area contributed by atoms with Gasteiger partial charge in [0.25, 0.3) is 0 Å². The monoisotopic (exact) mass is 364 g/mol. The van der Waals surface area contributed by atoms with Crippen LogP contribution < -0.4 is 16.0 Å². The zero-order valence-electron chi connectivity index (χ0n) is 14.4. The molecular formula is C18H25ClN4O2. The maximum absolute atomic E-state index is 12.2. The van der Waals surface area contributed by atoms with Crippen LogP contribution in [0.3, 0.4) is 0 Å². The number of hydrogen-bond donors (Lipinski definition) is 3. The Labute approximate surface area is 153 Å². The van der Waals surface area contributed by atoms with Gasteiger partial charge in [-0.05, 0) is 55.4 Å². The van der Waals surface area contributed by atoms with Crippen molar-refractivity contribution in [3.63, 3.8) is 0 Å². The van der Waals surface area contributed by atoms with Crippen LogP contribution in [0.1, 0.15) is 19.3 Å². The molecule has 3 rings (SSSR count). The summed E-state index contributed by atoms with van der Waals surface area (Å²) in [5, 5.41) is 9.96. The molecule has 1 fully saturated rings. The first kappa shape index (κ1) is 19.3. The molecule has 2 heterocycles. The van der Waals surface area contributed by atoms with Gasteiger partial charge in [0.1, 0.15) is 6.54 Å². The highest BCUT2D eigenvalue weighted by Crippen LogP contribution is 2.21. The van der Waals surface area contributed by atoms with Crippen LogP contribution in [-0.4, -0.2) is 36.5 Å². The number of nitrogens with one attached hydrogen (secondary N) is 3. The summed E-state index contributed by atoms with van der Waals surface area (Å²) in [6.07, 6.45) is 4.52. The summed E-state index contributed by atoms with van der Waals surface area (Å²) in [7, 11) is 1.62. The number of anilines is 1. The predicted molar refractivity (Wildman–Crippen MR) is 102 cm³/mol. The lowest BCUT2D eigenvalue weighted by atomic mass is 10.0. The molecular weight excluding hydrogens is 340 g/mol. The first-order valence-electron chi connectivity index (χ1n) is 8.46. The number of halogens is 1. The lowest BCUT2D eigenvalue weighted by Gasteiger charge is -2.10. The van der Waals surface area contributed by atoms with Gasteiger partial charge in [-0.2, -0.15) is 0 Å². The van der Waals surface area contributed by atoms with Gasteiger partial charge in [0, 0.05) is 25.4 Å². The van der Waals surface area contributed by atoms with Crippen LogP contribution in [0.5, 0.6) is 0 Å². The molecule has 7 heteroatoms. The quantitative estimate of drug-likeness (QED) is 0.735. The molecule has 1 aromatic heterocycles. The molecule has 1 unspecified atom stereocenters. The number of aromatic nitrogens is 1. The third-order valence-corrected chi connectivity index (χ3v) is 4.59. The summed E-state index contributed by atoms with van der Waals surface area (Å²) in [6, 6.07) is 7.76.